The van der Waals surface area contributed by atoms with E-state index in [9.17, 15) is 9.90 Å². The van der Waals surface area contributed by atoms with Crippen LogP contribution < -0.4 is 5.32 Å². The number of carboxylic acids is 1. The van der Waals surface area contributed by atoms with Crippen molar-refractivity contribution < 1.29 is 9.90 Å². The van der Waals surface area contributed by atoms with Crippen LogP contribution in [0.15, 0.2) is 66.9 Å². The number of nitrogens with one attached hydrogen (secondary N) is 2. The fraction of sp³-hybridized carbons (Fsp3) is 0.158. The Morgan fingerprint density at radius 1 is 1.08 bits per heavy atom. The lowest BCUT2D eigenvalue weighted by atomic mass is 10.1. The van der Waals surface area contributed by atoms with E-state index in [4.69, 9.17) is 0 Å². The van der Waals surface area contributed by atoms with E-state index in [-0.39, 0.29) is 0 Å². The molecule has 1 unspecified atom stereocenters. The number of H-pyrrole nitrogens is 1. The standard InChI is InChI=1S/C19H19N3O2/c23-19(24)17(11-14-7-3-1-4-8-14)20-12-16-13-21-18(22-16)15-9-5-2-6-10-15/h1-10,13,17,20H,11-12H2,(H,21,22)(H,23,24). The molecule has 5 heteroatoms. The summed E-state index contributed by atoms with van der Waals surface area (Å²) in [4.78, 5) is 19.0. The van der Waals surface area contributed by atoms with Gasteiger partial charge in [-0.15, -0.1) is 0 Å². The topological polar surface area (TPSA) is 78.0 Å². The molecule has 0 radical (unpaired) electrons. The first-order valence-electron chi connectivity index (χ1n) is 7.82. The number of aromatic amines is 1. The smallest absolute Gasteiger partial charge is 0.321 e. The van der Waals surface area contributed by atoms with Gasteiger partial charge in [0.1, 0.15) is 11.9 Å². The van der Waals surface area contributed by atoms with E-state index in [2.05, 4.69) is 15.3 Å². The third kappa shape index (κ3) is 4.08. The number of carbonyl (C=O) groups is 1. The summed E-state index contributed by atoms with van der Waals surface area (Å²) in [5, 5.41) is 12.5. The Kier molecular flexibility index (Phi) is 5.03. The van der Waals surface area contributed by atoms with Crippen molar-refractivity contribution in [3.8, 4) is 11.4 Å². The SMILES string of the molecule is O=C(O)C(Cc1ccccc1)NCc1cnc(-c2ccccc2)[nH]1. The molecule has 3 aromatic rings. The van der Waals surface area contributed by atoms with E-state index in [1.54, 1.807) is 6.20 Å². The Labute approximate surface area is 140 Å². The van der Waals surface area contributed by atoms with E-state index < -0.39 is 12.0 Å². The van der Waals surface area contributed by atoms with Crippen LogP contribution in [0.5, 0.6) is 0 Å². The van der Waals surface area contributed by atoms with Crippen molar-refractivity contribution >= 4 is 5.97 Å². The first kappa shape index (κ1) is 16.0. The third-order valence-electron chi connectivity index (χ3n) is 3.80. The van der Waals surface area contributed by atoms with Crippen LogP contribution in [0.2, 0.25) is 0 Å². The van der Waals surface area contributed by atoms with Gasteiger partial charge in [0.2, 0.25) is 0 Å². The molecule has 0 bridgehead atoms. The lowest BCUT2D eigenvalue weighted by molar-refractivity contribution is -0.139. The summed E-state index contributed by atoms with van der Waals surface area (Å²) in [7, 11) is 0. The minimum atomic E-state index is -0.860. The lowest BCUT2D eigenvalue weighted by Crippen LogP contribution is -2.38. The summed E-state index contributed by atoms with van der Waals surface area (Å²) >= 11 is 0. The second-order valence-corrected chi connectivity index (χ2v) is 5.58. The van der Waals surface area contributed by atoms with E-state index in [1.165, 1.54) is 0 Å². The molecule has 0 aliphatic heterocycles. The summed E-state index contributed by atoms with van der Waals surface area (Å²) in [6.45, 7) is 0.420. The maximum absolute atomic E-state index is 11.5. The summed E-state index contributed by atoms with van der Waals surface area (Å²) in [5.41, 5.74) is 2.85. The van der Waals surface area contributed by atoms with E-state index in [0.29, 0.717) is 13.0 Å². The quantitative estimate of drug-likeness (QED) is 0.625. The Morgan fingerprint density at radius 3 is 2.42 bits per heavy atom. The van der Waals surface area contributed by atoms with Crippen molar-refractivity contribution in [3.05, 3.63) is 78.1 Å². The summed E-state index contributed by atoms with van der Waals surface area (Å²) in [6.07, 6.45) is 2.17. The molecule has 0 saturated heterocycles. The molecule has 0 saturated carbocycles. The average Bonchev–Trinajstić information content (AvgIpc) is 3.09. The van der Waals surface area contributed by atoms with Gasteiger partial charge in [-0.2, -0.15) is 0 Å². The maximum Gasteiger partial charge on any atom is 0.321 e. The minimum Gasteiger partial charge on any atom is -0.480 e. The first-order valence-corrected chi connectivity index (χ1v) is 7.82. The van der Waals surface area contributed by atoms with Gasteiger partial charge in [-0.05, 0) is 12.0 Å². The average molecular weight is 321 g/mol. The summed E-state index contributed by atoms with van der Waals surface area (Å²) < 4.78 is 0. The van der Waals surface area contributed by atoms with Crippen molar-refractivity contribution in [2.45, 2.75) is 19.0 Å². The van der Waals surface area contributed by atoms with Gasteiger partial charge >= 0.3 is 5.97 Å². The van der Waals surface area contributed by atoms with Crippen molar-refractivity contribution in [2.75, 3.05) is 0 Å². The van der Waals surface area contributed by atoms with Crippen molar-refractivity contribution in [3.63, 3.8) is 0 Å². The normalized spacial score (nSPS) is 12.0. The van der Waals surface area contributed by atoms with Crippen LogP contribution in [0.1, 0.15) is 11.3 Å². The maximum atomic E-state index is 11.5. The summed E-state index contributed by atoms with van der Waals surface area (Å²) in [5.74, 6) is -0.0796. The number of hydrogen-bond donors (Lipinski definition) is 3. The van der Waals surface area contributed by atoms with Crippen molar-refractivity contribution in [1.82, 2.24) is 15.3 Å². The van der Waals surface area contributed by atoms with E-state index in [1.807, 2.05) is 60.7 Å². The number of benzene rings is 2. The number of imidazole rings is 1. The Morgan fingerprint density at radius 2 is 1.75 bits per heavy atom. The molecule has 2 aromatic carbocycles. The van der Waals surface area contributed by atoms with Gasteiger partial charge in [0.15, 0.2) is 0 Å². The van der Waals surface area contributed by atoms with Crippen molar-refractivity contribution in [2.24, 2.45) is 0 Å². The molecule has 24 heavy (non-hydrogen) atoms. The highest BCUT2D eigenvalue weighted by molar-refractivity contribution is 5.73. The molecular weight excluding hydrogens is 302 g/mol. The van der Waals surface area contributed by atoms with Crippen LogP contribution >= 0.6 is 0 Å². The first-order chi connectivity index (χ1) is 11.7. The van der Waals surface area contributed by atoms with Crippen molar-refractivity contribution in [1.29, 1.82) is 0 Å². The lowest BCUT2D eigenvalue weighted by Gasteiger charge is -2.13. The number of hydrogen-bond acceptors (Lipinski definition) is 3. The van der Waals surface area contributed by atoms with Gasteiger partial charge in [0.05, 0.1) is 0 Å². The molecule has 0 aliphatic rings. The van der Waals surface area contributed by atoms with Gasteiger partial charge in [-0.25, -0.2) is 4.98 Å². The van der Waals surface area contributed by atoms with Crippen LogP contribution in [0.25, 0.3) is 11.4 Å². The minimum absolute atomic E-state index is 0.420. The fourth-order valence-corrected chi connectivity index (χ4v) is 2.52. The van der Waals surface area contributed by atoms with Gasteiger partial charge in [0.25, 0.3) is 0 Å². The summed E-state index contributed by atoms with van der Waals surface area (Å²) in [6, 6.07) is 18.8. The molecule has 122 valence electrons. The Balaban J connectivity index is 1.63. The second kappa shape index (κ2) is 7.57. The number of rotatable bonds is 7. The number of nitrogens with zero attached hydrogens (tertiary/aromatic N) is 1. The molecule has 1 aromatic heterocycles. The monoisotopic (exact) mass is 321 g/mol. The van der Waals surface area contributed by atoms with Crippen LogP contribution in [-0.2, 0) is 17.8 Å². The molecule has 5 nitrogen and oxygen atoms in total. The van der Waals surface area contributed by atoms with Crippen LogP contribution in [0.4, 0.5) is 0 Å². The molecule has 1 atom stereocenters. The van der Waals surface area contributed by atoms with Gasteiger partial charge in [0, 0.05) is 24.0 Å². The van der Waals surface area contributed by atoms with Crippen LogP contribution in [-0.4, -0.2) is 27.1 Å². The molecule has 0 spiro atoms. The molecule has 0 fully saturated rings. The van der Waals surface area contributed by atoms with E-state index >= 15 is 0 Å². The Hall–Kier alpha value is -2.92. The second-order valence-electron chi connectivity index (χ2n) is 5.58. The highest BCUT2D eigenvalue weighted by Crippen LogP contribution is 2.14. The van der Waals surface area contributed by atoms with Gasteiger partial charge in [-0.1, -0.05) is 60.7 Å². The predicted octanol–water partition coefficient (Wildman–Crippen LogP) is 2.86. The van der Waals surface area contributed by atoms with Crippen LogP contribution in [0.3, 0.4) is 0 Å². The largest absolute Gasteiger partial charge is 0.480 e. The zero-order valence-corrected chi connectivity index (χ0v) is 13.1. The molecule has 1 heterocycles. The zero-order chi connectivity index (χ0) is 16.8. The van der Waals surface area contributed by atoms with E-state index in [0.717, 1.165) is 22.6 Å². The fourth-order valence-electron chi connectivity index (χ4n) is 2.52. The Bertz CT molecular complexity index is 785. The third-order valence-corrected chi connectivity index (χ3v) is 3.80. The molecule has 0 amide bonds. The molecule has 0 aliphatic carbocycles. The van der Waals surface area contributed by atoms with Gasteiger partial charge < -0.3 is 10.1 Å². The number of aliphatic carboxylic acids is 1. The highest BCUT2D eigenvalue weighted by Gasteiger charge is 2.17. The predicted molar refractivity (Wildman–Crippen MR) is 92.4 cm³/mol. The molecule has 3 N–H and O–H groups in total. The van der Waals surface area contributed by atoms with Crippen LogP contribution in [0, 0.1) is 0 Å². The molecule has 3 rings (SSSR count). The zero-order valence-electron chi connectivity index (χ0n) is 13.1. The number of aromatic nitrogens is 2. The number of carboxylic acid groups (broad SMARTS) is 1. The van der Waals surface area contributed by atoms with Gasteiger partial charge in [-0.3, -0.25) is 10.1 Å². The molecular formula is C19H19N3O2. The highest BCUT2D eigenvalue weighted by atomic mass is 16.4.